The number of para-hydroxylation sites is 1. The number of hydrogen-bond donors (Lipinski definition) is 0. The Morgan fingerprint density at radius 2 is 1.34 bits per heavy atom. The van der Waals surface area contributed by atoms with Gasteiger partial charge < -0.3 is 4.90 Å². The Balaban J connectivity index is 0.000000671. The van der Waals surface area contributed by atoms with E-state index in [1.807, 2.05) is 44.2 Å². The van der Waals surface area contributed by atoms with Crippen LogP contribution in [-0.4, -0.2) is 5.54 Å². The summed E-state index contributed by atoms with van der Waals surface area (Å²) >= 11 is 0. The van der Waals surface area contributed by atoms with Crippen LogP contribution in [0.5, 0.6) is 0 Å². The van der Waals surface area contributed by atoms with Gasteiger partial charge in [0.15, 0.2) is 23.3 Å². The minimum atomic E-state index is -1.34. The molecule has 1 aliphatic heterocycles. The first-order chi connectivity index (χ1) is 16.1. The Hall–Kier alpha value is -2.63. The Labute approximate surface area is 205 Å². The van der Waals surface area contributed by atoms with E-state index >= 15 is 8.78 Å². The third-order valence-corrected chi connectivity index (χ3v) is 7.30. The highest BCUT2D eigenvalue weighted by atomic mass is 19.2. The fourth-order valence-electron chi connectivity index (χ4n) is 5.69. The smallest absolute Gasteiger partial charge is 0.185 e. The molecule has 1 nitrogen and oxygen atoms in total. The molecule has 5 rings (SSSR count). The summed E-state index contributed by atoms with van der Waals surface area (Å²) in [6.45, 7) is 13.9. The van der Waals surface area contributed by atoms with Crippen LogP contribution in [-0.2, 0) is 11.8 Å². The van der Waals surface area contributed by atoms with E-state index in [1.54, 1.807) is 12.1 Å². The lowest BCUT2D eigenvalue weighted by Gasteiger charge is -2.50. The van der Waals surface area contributed by atoms with E-state index in [4.69, 9.17) is 0 Å². The highest BCUT2D eigenvalue weighted by Gasteiger charge is 2.77. The number of anilines is 2. The Morgan fingerprint density at radius 1 is 0.829 bits per heavy atom. The average molecular weight is 494 g/mol. The van der Waals surface area contributed by atoms with Crippen LogP contribution in [0.4, 0.5) is 33.6 Å². The van der Waals surface area contributed by atoms with Gasteiger partial charge in [-0.2, -0.15) is 0 Å². The number of halogens is 5. The molecule has 0 bridgehead atoms. The van der Waals surface area contributed by atoms with E-state index in [-0.39, 0.29) is 16.5 Å². The minimum absolute atomic E-state index is 0. The molecule has 6 heteroatoms. The van der Waals surface area contributed by atoms with Crippen LogP contribution in [0.25, 0.3) is 0 Å². The van der Waals surface area contributed by atoms with Crippen LogP contribution in [0.2, 0.25) is 0 Å². The average Bonchev–Trinajstić information content (AvgIpc) is 3.55. The van der Waals surface area contributed by atoms with E-state index in [1.165, 1.54) is 18.2 Å². The van der Waals surface area contributed by atoms with Crippen molar-refractivity contribution < 1.29 is 22.3 Å². The standard InChI is InChI=1S/C24H21F4N.C3H8.C2H6.FH/c1-4-14-17(25)19(27)21(20(28)18(14)26)29-16-10-6-5-9-15(16)22(2,3)23-11-7-8-12-24(23,29)13-23;1-3-2;1-2;/h5-12H,4,13H2,1-3H3;3H2,1-2H3;1-2H3;1H. The number of fused-ring (bicyclic) bond motifs is 1. The lowest BCUT2D eigenvalue weighted by molar-refractivity contribution is 0.310. The van der Waals surface area contributed by atoms with Gasteiger partial charge in [0.05, 0.1) is 5.54 Å². The van der Waals surface area contributed by atoms with Gasteiger partial charge in [-0.3, -0.25) is 4.70 Å². The van der Waals surface area contributed by atoms with Crippen molar-refractivity contribution in [1.29, 1.82) is 0 Å². The summed E-state index contributed by atoms with van der Waals surface area (Å²) in [4.78, 5) is 1.49. The van der Waals surface area contributed by atoms with Gasteiger partial charge in [0.1, 0.15) is 5.69 Å². The lowest BCUT2D eigenvalue weighted by atomic mass is 9.64. The van der Waals surface area contributed by atoms with Crippen LogP contribution in [0.15, 0.2) is 48.6 Å². The first-order valence-corrected chi connectivity index (χ1v) is 12.3. The molecule has 0 radical (unpaired) electrons. The molecule has 0 saturated heterocycles. The van der Waals surface area contributed by atoms with Crippen molar-refractivity contribution in [1.82, 2.24) is 0 Å². The molecule has 192 valence electrons. The topological polar surface area (TPSA) is 3.24 Å². The number of allylic oxidation sites excluding steroid dienone is 2. The maximum absolute atomic E-state index is 15.2. The Bertz CT molecular complexity index is 1110. The van der Waals surface area contributed by atoms with Crippen molar-refractivity contribution in [2.45, 2.75) is 78.7 Å². The van der Waals surface area contributed by atoms with Gasteiger partial charge in [-0.15, -0.1) is 0 Å². The van der Waals surface area contributed by atoms with Crippen LogP contribution in [0.1, 0.15) is 72.4 Å². The second-order valence-electron chi connectivity index (χ2n) is 9.41. The predicted molar refractivity (Wildman–Crippen MR) is 135 cm³/mol. The molecule has 0 spiro atoms. The highest BCUT2D eigenvalue weighted by molar-refractivity contribution is 5.80. The summed E-state index contributed by atoms with van der Waals surface area (Å²) in [6, 6.07) is 7.34. The SMILES string of the molecule is CC.CCC.CCc1c(F)c(F)c(N2c3ccccc3C(C)(C)C34C=CC=CC23C4)c(F)c1F.F. The molecule has 1 fully saturated rings. The molecule has 0 amide bonds. The minimum Gasteiger partial charge on any atom is -0.326 e. The van der Waals surface area contributed by atoms with E-state index in [0.717, 1.165) is 5.56 Å². The molecule has 2 aromatic carbocycles. The maximum atomic E-state index is 15.2. The molecule has 1 heterocycles. The van der Waals surface area contributed by atoms with Crippen LogP contribution in [0.3, 0.4) is 0 Å². The Morgan fingerprint density at radius 3 is 1.89 bits per heavy atom. The third kappa shape index (κ3) is 3.71. The first-order valence-electron chi connectivity index (χ1n) is 12.3. The third-order valence-electron chi connectivity index (χ3n) is 7.30. The molecule has 2 unspecified atom stereocenters. The summed E-state index contributed by atoms with van der Waals surface area (Å²) in [5, 5.41) is 0. The number of nitrogens with zero attached hydrogens (tertiary/aromatic N) is 1. The lowest BCUT2D eigenvalue weighted by Crippen LogP contribution is -2.50. The zero-order chi connectivity index (χ0) is 25.5. The van der Waals surface area contributed by atoms with Crippen LogP contribution < -0.4 is 4.90 Å². The van der Waals surface area contributed by atoms with Gasteiger partial charge in [-0.25, -0.2) is 17.6 Å². The monoisotopic (exact) mass is 493 g/mol. The fraction of sp³-hybridized carbons (Fsp3) is 0.448. The summed E-state index contributed by atoms with van der Waals surface area (Å²) in [5.41, 5.74) is -1.25. The summed E-state index contributed by atoms with van der Waals surface area (Å²) < 4.78 is 59.9. The molecule has 2 atom stereocenters. The second kappa shape index (κ2) is 10.2. The van der Waals surface area contributed by atoms with Crippen LogP contribution >= 0.6 is 0 Å². The first kappa shape index (κ1) is 28.6. The molecule has 35 heavy (non-hydrogen) atoms. The maximum Gasteiger partial charge on any atom is 0.185 e. The zero-order valence-electron chi connectivity index (χ0n) is 21.6. The fourth-order valence-corrected chi connectivity index (χ4v) is 5.69. The molecular formula is C29H36F5N. The predicted octanol–water partition coefficient (Wildman–Crippen LogP) is 9.08. The second-order valence-corrected chi connectivity index (χ2v) is 9.41. The van der Waals surface area contributed by atoms with Crippen molar-refractivity contribution >= 4 is 11.4 Å². The van der Waals surface area contributed by atoms with Crippen molar-refractivity contribution in [2.75, 3.05) is 4.90 Å². The highest BCUT2D eigenvalue weighted by Crippen LogP contribution is 2.76. The largest absolute Gasteiger partial charge is 0.326 e. The molecule has 3 aliphatic rings. The molecule has 2 aromatic rings. The summed E-state index contributed by atoms with van der Waals surface area (Å²) in [6.07, 6.45) is 9.48. The van der Waals surface area contributed by atoms with E-state index in [2.05, 4.69) is 33.8 Å². The van der Waals surface area contributed by atoms with Gasteiger partial charge in [-0.1, -0.05) is 97.4 Å². The van der Waals surface area contributed by atoms with Crippen molar-refractivity contribution in [3.63, 3.8) is 0 Å². The normalized spacial score (nSPS) is 23.9. The van der Waals surface area contributed by atoms with Crippen molar-refractivity contribution in [3.8, 4) is 0 Å². The number of benzene rings is 2. The van der Waals surface area contributed by atoms with Gasteiger partial charge >= 0.3 is 0 Å². The Kier molecular flexibility index (Phi) is 8.30. The number of rotatable bonds is 2. The molecular weight excluding hydrogens is 457 g/mol. The quantitative estimate of drug-likeness (QED) is 0.298. The van der Waals surface area contributed by atoms with Gasteiger partial charge in [0, 0.05) is 22.1 Å². The summed E-state index contributed by atoms with van der Waals surface area (Å²) in [5.74, 6) is -5.31. The van der Waals surface area contributed by atoms with E-state index in [9.17, 15) is 8.78 Å². The zero-order valence-corrected chi connectivity index (χ0v) is 21.6. The van der Waals surface area contributed by atoms with Crippen molar-refractivity contribution in [2.24, 2.45) is 5.41 Å². The van der Waals surface area contributed by atoms with Gasteiger partial charge in [0.25, 0.3) is 0 Å². The molecule has 2 aliphatic carbocycles. The van der Waals surface area contributed by atoms with Gasteiger partial charge in [0.2, 0.25) is 0 Å². The molecule has 0 aromatic heterocycles. The van der Waals surface area contributed by atoms with E-state index in [0.29, 0.717) is 12.1 Å². The van der Waals surface area contributed by atoms with Gasteiger partial charge in [-0.05, 0) is 24.5 Å². The van der Waals surface area contributed by atoms with Crippen LogP contribution in [0, 0.1) is 28.7 Å². The van der Waals surface area contributed by atoms with E-state index < -0.39 is 45.5 Å². The number of hydrogen-bond acceptors (Lipinski definition) is 1. The summed E-state index contributed by atoms with van der Waals surface area (Å²) in [7, 11) is 0. The molecule has 1 saturated carbocycles. The molecule has 0 N–H and O–H groups in total. The van der Waals surface area contributed by atoms with Crippen molar-refractivity contribution in [3.05, 3.63) is 83.0 Å².